The van der Waals surface area contributed by atoms with Crippen LogP contribution in [0.1, 0.15) is 44.1 Å². The summed E-state index contributed by atoms with van der Waals surface area (Å²) in [5.41, 5.74) is 1.95. The van der Waals surface area contributed by atoms with Crippen molar-refractivity contribution >= 4 is 22.6 Å². The van der Waals surface area contributed by atoms with Crippen LogP contribution >= 0.6 is 0 Å². The predicted octanol–water partition coefficient (Wildman–Crippen LogP) is 6.46. The second-order valence-corrected chi connectivity index (χ2v) is 9.69. The van der Waals surface area contributed by atoms with Gasteiger partial charge in [0.05, 0.1) is 11.7 Å². The Morgan fingerprint density at radius 3 is 2.46 bits per heavy atom. The topological polar surface area (TPSA) is 64.1 Å². The molecule has 5 rings (SSSR count). The smallest absolute Gasteiger partial charge is 0.404 e. The fraction of sp³-hybridized carbons (Fsp3) is 0.423. The number of pyridine rings is 2. The van der Waals surface area contributed by atoms with E-state index in [4.69, 9.17) is 0 Å². The molecule has 2 aliphatic carbocycles. The van der Waals surface area contributed by atoms with Crippen LogP contribution in [0.25, 0.3) is 10.9 Å². The van der Waals surface area contributed by atoms with E-state index in [0.29, 0.717) is 17.8 Å². The minimum absolute atomic E-state index is 0.187. The van der Waals surface area contributed by atoms with Crippen molar-refractivity contribution in [3.63, 3.8) is 0 Å². The standard InChI is InChI=1S/C26H25F4N3O2/c1-14(25(34)33-24-5-3-20(13-32-24)35-26(28,29)30)15-8-16-10-18(11-17(16)9-15)21-6-7-31-23-4-2-19(27)12-22(21)23/h2-7,12-18H,8-11H2,1H3,(H,32,33,34)/t14-,15?,16-,17+,18?/m1/s1. The molecule has 5 nitrogen and oxygen atoms in total. The van der Waals surface area contributed by atoms with Crippen LogP contribution < -0.4 is 10.1 Å². The zero-order chi connectivity index (χ0) is 24.7. The molecule has 9 heteroatoms. The Hall–Kier alpha value is -3.23. The Labute approximate surface area is 199 Å². The van der Waals surface area contributed by atoms with Crippen molar-refractivity contribution in [3.05, 3.63) is 60.2 Å². The summed E-state index contributed by atoms with van der Waals surface area (Å²) in [6.45, 7) is 1.89. The maximum Gasteiger partial charge on any atom is 0.573 e. The van der Waals surface area contributed by atoms with E-state index in [1.807, 2.05) is 13.0 Å². The molecule has 2 saturated carbocycles. The number of carbonyl (C=O) groups is 1. The van der Waals surface area contributed by atoms with Gasteiger partial charge in [-0.3, -0.25) is 9.78 Å². The van der Waals surface area contributed by atoms with Gasteiger partial charge in [0.25, 0.3) is 0 Å². The van der Waals surface area contributed by atoms with Crippen molar-refractivity contribution in [2.45, 2.75) is 44.9 Å². The number of aromatic nitrogens is 2. The van der Waals surface area contributed by atoms with E-state index in [2.05, 4.69) is 20.0 Å². The van der Waals surface area contributed by atoms with Gasteiger partial charge >= 0.3 is 6.36 Å². The molecule has 2 aromatic heterocycles. The molecule has 0 aliphatic heterocycles. The van der Waals surface area contributed by atoms with Crippen LogP contribution in [-0.4, -0.2) is 22.2 Å². The number of alkyl halides is 3. The first kappa shape index (κ1) is 23.5. The summed E-state index contributed by atoms with van der Waals surface area (Å²) in [6, 6.07) is 9.12. The zero-order valence-electron chi connectivity index (χ0n) is 19.1. The number of rotatable bonds is 5. The maximum atomic E-state index is 13.9. The van der Waals surface area contributed by atoms with E-state index in [1.54, 1.807) is 18.3 Å². The number of amides is 1. The Morgan fingerprint density at radius 1 is 1.06 bits per heavy atom. The molecule has 0 spiro atoms. The number of halogens is 4. The minimum Gasteiger partial charge on any atom is -0.404 e. The quantitative estimate of drug-likeness (QED) is 0.420. The lowest BCUT2D eigenvalue weighted by Gasteiger charge is -2.21. The molecule has 0 bridgehead atoms. The highest BCUT2D eigenvalue weighted by Gasteiger charge is 2.44. The molecule has 0 radical (unpaired) electrons. The summed E-state index contributed by atoms with van der Waals surface area (Å²) in [5, 5.41) is 3.58. The first-order valence-electron chi connectivity index (χ1n) is 11.7. The molecule has 1 amide bonds. The third kappa shape index (κ3) is 5.09. The van der Waals surface area contributed by atoms with Gasteiger partial charge in [-0.05, 0) is 91.3 Å². The van der Waals surface area contributed by atoms with E-state index in [1.165, 1.54) is 12.1 Å². The Balaban J connectivity index is 1.19. The first-order valence-corrected chi connectivity index (χ1v) is 11.7. The maximum absolute atomic E-state index is 13.9. The van der Waals surface area contributed by atoms with Crippen LogP contribution in [0.2, 0.25) is 0 Å². The van der Waals surface area contributed by atoms with Gasteiger partial charge in [0.15, 0.2) is 0 Å². The van der Waals surface area contributed by atoms with Crippen molar-refractivity contribution in [3.8, 4) is 5.75 Å². The molecule has 2 heterocycles. The van der Waals surface area contributed by atoms with Crippen molar-refractivity contribution in [2.75, 3.05) is 5.32 Å². The van der Waals surface area contributed by atoms with Gasteiger partial charge in [-0.2, -0.15) is 0 Å². The number of hydrogen-bond acceptors (Lipinski definition) is 4. The molecule has 35 heavy (non-hydrogen) atoms. The monoisotopic (exact) mass is 487 g/mol. The second-order valence-electron chi connectivity index (χ2n) is 9.69. The van der Waals surface area contributed by atoms with E-state index < -0.39 is 12.1 Å². The molecule has 1 aromatic carbocycles. The van der Waals surface area contributed by atoms with E-state index in [9.17, 15) is 22.4 Å². The molecule has 3 aromatic rings. The van der Waals surface area contributed by atoms with E-state index in [-0.39, 0.29) is 29.4 Å². The highest BCUT2D eigenvalue weighted by Crippen LogP contribution is 2.54. The molecule has 5 atom stereocenters. The highest BCUT2D eigenvalue weighted by atomic mass is 19.4. The number of nitrogens with zero attached hydrogens (tertiary/aromatic N) is 2. The first-order chi connectivity index (χ1) is 16.7. The predicted molar refractivity (Wildman–Crippen MR) is 122 cm³/mol. The summed E-state index contributed by atoms with van der Waals surface area (Å²) in [4.78, 5) is 21.0. The van der Waals surface area contributed by atoms with Gasteiger partial charge in [-0.15, -0.1) is 13.2 Å². The van der Waals surface area contributed by atoms with Crippen molar-refractivity contribution in [2.24, 2.45) is 23.7 Å². The summed E-state index contributed by atoms with van der Waals surface area (Å²) in [5.74, 6) is 0.638. The summed E-state index contributed by atoms with van der Waals surface area (Å²) >= 11 is 0. The van der Waals surface area contributed by atoms with Crippen LogP contribution in [0.5, 0.6) is 5.75 Å². The Bertz CT molecular complexity index is 1220. The molecule has 0 saturated heterocycles. The normalized spacial score (nSPS) is 24.8. The molecular weight excluding hydrogens is 462 g/mol. The molecule has 184 valence electrons. The Kier molecular flexibility index (Phi) is 6.11. The number of nitrogens with one attached hydrogen (secondary N) is 1. The van der Waals surface area contributed by atoms with Crippen LogP contribution in [-0.2, 0) is 4.79 Å². The van der Waals surface area contributed by atoms with Gasteiger partial charge in [-0.25, -0.2) is 9.37 Å². The highest BCUT2D eigenvalue weighted by molar-refractivity contribution is 5.91. The third-order valence-electron chi connectivity index (χ3n) is 7.57. The lowest BCUT2D eigenvalue weighted by atomic mass is 9.86. The number of anilines is 1. The average molecular weight is 487 g/mol. The van der Waals surface area contributed by atoms with Crippen molar-refractivity contribution < 1.29 is 27.1 Å². The van der Waals surface area contributed by atoms with Crippen molar-refractivity contribution in [1.29, 1.82) is 0 Å². The molecule has 2 unspecified atom stereocenters. The Morgan fingerprint density at radius 2 is 1.80 bits per heavy atom. The van der Waals surface area contributed by atoms with E-state index >= 15 is 0 Å². The average Bonchev–Trinajstić information content (AvgIpc) is 3.38. The summed E-state index contributed by atoms with van der Waals surface area (Å²) < 4.78 is 54.6. The number of carbonyl (C=O) groups excluding carboxylic acids is 1. The fourth-order valence-corrected chi connectivity index (χ4v) is 5.92. The minimum atomic E-state index is -4.79. The number of benzene rings is 1. The third-order valence-corrected chi connectivity index (χ3v) is 7.57. The number of hydrogen-bond donors (Lipinski definition) is 1. The number of ether oxygens (including phenoxy) is 1. The van der Waals surface area contributed by atoms with E-state index in [0.717, 1.165) is 54.4 Å². The van der Waals surface area contributed by atoms with Gasteiger partial charge < -0.3 is 10.1 Å². The SMILES string of the molecule is C[C@@H](C(=O)Nc1ccc(OC(F)(F)F)cn1)C1C[C@H]2CC(c3ccnc4ccc(F)cc34)C[C@H]2C1. The molecule has 2 fully saturated rings. The molecule has 1 N–H and O–H groups in total. The van der Waals surface area contributed by atoms with Crippen LogP contribution in [0.4, 0.5) is 23.4 Å². The van der Waals surface area contributed by atoms with Gasteiger partial charge in [-0.1, -0.05) is 6.92 Å². The van der Waals surface area contributed by atoms with Crippen molar-refractivity contribution in [1.82, 2.24) is 9.97 Å². The second kappa shape index (κ2) is 9.09. The van der Waals surface area contributed by atoms with Crippen LogP contribution in [0.3, 0.4) is 0 Å². The largest absolute Gasteiger partial charge is 0.573 e. The number of fused-ring (bicyclic) bond motifs is 2. The van der Waals surface area contributed by atoms with Crippen LogP contribution in [0, 0.1) is 29.5 Å². The summed E-state index contributed by atoms with van der Waals surface area (Å²) in [6.07, 6.45) is 1.83. The fourth-order valence-electron chi connectivity index (χ4n) is 5.92. The van der Waals surface area contributed by atoms with Crippen LogP contribution in [0.15, 0.2) is 48.8 Å². The summed E-state index contributed by atoms with van der Waals surface area (Å²) in [7, 11) is 0. The van der Waals surface area contributed by atoms with Gasteiger partial charge in [0, 0.05) is 17.5 Å². The zero-order valence-corrected chi connectivity index (χ0v) is 19.1. The van der Waals surface area contributed by atoms with Gasteiger partial charge in [0.2, 0.25) is 5.91 Å². The van der Waals surface area contributed by atoms with Gasteiger partial charge in [0.1, 0.15) is 17.4 Å². The lowest BCUT2D eigenvalue weighted by Crippen LogP contribution is -2.26. The molecule has 2 aliphatic rings. The lowest BCUT2D eigenvalue weighted by molar-refractivity contribution is -0.274. The molecular formula is C26H25F4N3O2.